The van der Waals surface area contributed by atoms with E-state index in [-0.39, 0.29) is 17.8 Å². The van der Waals surface area contributed by atoms with Crippen molar-refractivity contribution in [2.45, 2.75) is 25.8 Å². The topological polar surface area (TPSA) is 79.9 Å². The lowest BCUT2D eigenvalue weighted by Crippen LogP contribution is -2.27. The summed E-state index contributed by atoms with van der Waals surface area (Å²) >= 11 is 0. The zero-order valence-corrected chi connectivity index (χ0v) is 20.5. The van der Waals surface area contributed by atoms with Gasteiger partial charge < -0.3 is 14.0 Å². The van der Waals surface area contributed by atoms with Crippen LogP contribution in [-0.4, -0.2) is 49.9 Å². The van der Waals surface area contributed by atoms with Gasteiger partial charge in [-0.25, -0.2) is 14.1 Å². The van der Waals surface area contributed by atoms with Crippen LogP contribution in [0.15, 0.2) is 48.8 Å². The highest BCUT2D eigenvalue weighted by Gasteiger charge is 2.33. The molecule has 4 aromatic heterocycles. The van der Waals surface area contributed by atoms with Crippen LogP contribution in [0.4, 0.5) is 4.39 Å². The second kappa shape index (κ2) is 8.98. The Balaban J connectivity index is 1.72. The number of hydrogen-bond acceptors (Lipinski definition) is 6. The van der Waals surface area contributed by atoms with E-state index in [4.69, 9.17) is 14.5 Å². The maximum absolute atomic E-state index is 15.5. The minimum Gasteiger partial charge on any atom is -0.479 e. The zero-order chi connectivity index (χ0) is 24.8. The standard InChI is InChI=1S/C27H27FN6O2/c1-16-24(33(2)32-31-16)18-14-22-23(30-15-18)20-8-11-29-27(35-3)26(20)34(22)25(17-9-12-36-13-10-17)19-6-4-5-7-21(19)28/h4-8,11,14-15,17,25H,9-10,12-13H2,1-3H3. The van der Waals surface area contributed by atoms with Crippen molar-refractivity contribution in [3.8, 4) is 17.1 Å². The molecule has 184 valence electrons. The molecule has 0 aliphatic carbocycles. The van der Waals surface area contributed by atoms with Crippen LogP contribution in [0.1, 0.15) is 30.1 Å². The van der Waals surface area contributed by atoms with Crippen molar-refractivity contribution < 1.29 is 13.9 Å². The molecule has 0 N–H and O–H groups in total. The van der Waals surface area contributed by atoms with Crippen molar-refractivity contribution in [3.05, 3.63) is 65.9 Å². The highest BCUT2D eigenvalue weighted by Crippen LogP contribution is 2.43. The Labute approximate surface area is 207 Å². The van der Waals surface area contributed by atoms with Crippen LogP contribution in [0.5, 0.6) is 5.88 Å². The molecule has 1 saturated heterocycles. The molecule has 0 spiro atoms. The summed E-state index contributed by atoms with van der Waals surface area (Å²) < 4.78 is 30.8. The van der Waals surface area contributed by atoms with Crippen molar-refractivity contribution in [1.82, 2.24) is 29.5 Å². The fourth-order valence-corrected chi connectivity index (χ4v) is 5.60. The molecule has 6 rings (SSSR count). The average Bonchev–Trinajstić information content (AvgIpc) is 3.42. The molecule has 1 aromatic carbocycles. The van der Waals surface area contributed by atoms with Gasteiger partial charge in [0.15, 0.2) is 0 Å². The molecule has 0 radical (unpaired) electrons. The van der Waals surface area contributed by atoms with Gasteiger partial charge in [-0.05, 0) is 43.9 Å². The first-order chi connectivity index (χ1) is 17.6. The van der Waals surface area contributed by atoms with Crippen LogP contribution in [0, 0.1) is 18.7 Å². The van der Waals surface area contributed by atoms with Gasteiger partial charge in [0.25, 0.3) is 0 Å². The molecule has 1 unspecified atom stereocenters. The highest BCUT2D eigenvalue weighted by atomic mass is 19.1. The van der Waals surface area contributed by atoms with Crippen LogP contribution < -0.4 is 4.74 Å². The van der Waals surface area contributed by atoms with Gasteiger partial charge in [-0.3, -0.25) is 4.98 Å². The van der Waals surface area contributed by atoms with Gasteiger partial charge >= 0.3 is 0 Å². The van der Waals surface area contributed by atoms with Crippen molar-refractivity contribution >= 4 is 21.9 Å². The van der Waals surface area contributed by atoms with Gasteiger partial charge in [0.05, 0.1) is 35.6 Å². The van der Waals surface area contributed by atoms with Crippen molar-refractivity contribution in [2.75, 3.05) is 20.3 Å². The smallest absolute Gasteiger partial charge is 0.238 e. The second-order valence-electron chi connectivity index (χ2n) is 9.24. The molecular weight excluding hydrogens is 459 g/mol. The molecular formula is C27H27FN6O2. The van der Waals surface area contributed by atoms with E-state index < -0.39 is 0 Å². The Hall–Kier alpha value is -3.85. The predicted octanol–water partition coefficient (Wildman–Crippen LogP) is 4.85. The molecule has 5 heterocycles. The molecule has 0 bridgehead atoms. The minimum absolute atomic E-state index is 0.156. The molecule has 1 aliphatic rings. The summed E-state index contributed by atoms with van der Waals surface area (Å²) in [7, 11) is 3.48. The van der Waals surface area contributed by atoms with Gasteiger partial charge in [0.2, 0.25) is 5.88 Å². The maximum atomic E-state index is 15.5. The molecule has 1 aliphatic heterocycles. The minimum atomic E-state index is -0.295. The number of rotatable bonds is 5. The molecule has 5 aromatic rings. The molecule has 36 heavy (non-hydrogen) atoms. The van der Waals surface area contributed by atoms with E-state index >= 15 is 4.39 Å². The van der Waals surface area contributed by atoms with E-state index in [9.17, 15) is 0 Å². The van der Waals surface area contributed by atoms with Crippen molar-refractivity contribution in [3.63, 3.8) is 0 Å². The molecule has 1 fully saturated rings. The van der Waals surface area contributed by atoms with Gasteiger partial charge in [-0.1, -0.05) is 23.4 Å². The average molecular weight is 487 g/mol. The van der Waals surface area contributed by atoms with E-state index in [1.165, 1.54) is 6.07 Å². The Bertz CT molecular complexity index is 1550. The molecule has 8 nitrogen and oxygen atoms in total. The molecule has 0 saturated carbocycles. The third-order valence-electron chi connectivity index (χ3n) is 7.19. The number of aryl methyl sites for hydroxylation is 2. The molecule has 0 amide bonds. The SMILES string of the molecule is COc1nccc2c3ncc(-c4c(C)nnn4C)cc3n(C(c3ccccc3F)C3CCOCC3)c12. The number of methoxy groups -OCH3 is 1. The lowest BCUT2D eigenvalue weighted by molar-refractivity contribution is 0.0548. The maximum Gasteiger partial charge on any atom is 0.238 e. The summed E-state index contributed by atoms with van der Waals surface area (Å²) in [6.45, 7) is 3.22. The first-order valence-corrected chi connectivity index (χ1v) is 12.1. The van der Waals surface area contributed by atoms with Crippen LogP contribution in [-0.2, 0) is 11.8 Å². The Morgan fingerprint density at radius 1 is 1.14 bits per heavy atom. The van der Waals surface area contributed by atoms with Gasteiger partial charge in [0, 0.05) is 49.2 Å². The number of aromatic nitrogens is 6. The van der Waals surface area contributed by atoms with Crippen molar-refractivity contribution in [2.24, 2.45) is 13.0 Å². The normalized spacial score (nSPS) is 15.6. The fourth-order valence-electron chi connectivity index (χ4n) is 5.60. The number of benzene rings is 1. The zero-order valence-electron chi connectivity index (χ0n) is 20.5. The fraction of sp³-hybridized carbons (Fsp3) is 0.333. The van der Waals surface area contributed by atoms with E-state index in [0.717, 1.165) is 51.7 Å². The van der Waals surface area contributed by atoms with Gasteiger partial charge in [-0.15, -0.1) is 5.10 Å². The summed E-state index contributed by atoms with van der Waals surface area (Å²) in [5.74, 6) is 0.407. The number of pyridine rings is 2. The number of nitrogens with zero attached hydrogens (tertiary/aromatic N) is 6. The van der Waals surface area contributed by atoms with E-state index in [0.29, 0.717) is 24.7 Å². The number of ether oxygens (including phenoxy) is 2. The van der Waals surface area contributed by atoms with Crippen LogP contribution in [0.25, 0.3) is 33.2 Å². The summed E-state index contributed by atoms with van der Waals surface area (Å²) in [5.41, 5.74) is 5.74. The first kappa shape index (κ1) is 22.6. The molecule has 9 heteroatoms. The Kier molecular flexibility index (Phi) is 5.64. The van der Waals surface area contributed by atoms with Crippen LogP contribution in [0.2, 0.25) is 0 Å². The summed E-state index contributed by atoms with van der Waals surface area (Å²) in [6, 6.07) is 10.8. The first-order valence-electron chi connectivity index (χ1n) is 12.1. The number of halogens is 1. The van der Waals surface area contributed by atoms with Crippen molar-refractivity contribution in [1.29, 1.82) is 0 Å². The van der Waals surface area contributed by atoms with E-state index in [1.54, 1.807) is 24.1 Å². The Morgan fingerprint density at radius 2 is 1.94 bits per heavy atom. The third kappa shape index (κ3) is 3.53. The monoisotopic (exact) mass is 486 g/mol. The number of hydrogen-bond donors (Lipinski definition) is 0. The quantitative estimate of drug-likeness (QED) is 0.353. The number of fused-ring (bicyclic) bond motifs is 3. The third-order valence-corrected chi connectivity index (χ3v) is 7.19. The summed E-state index contributed by atoms with van der Waals surface area (Å²) in [5, 5.41) is 9.30. The Morgan fingerprint density at radius 3 is 2.67 bits per heavy atom. The van der Waals surface area contributed by atoms with Crippen LogP contribution in [0.3, 0.4) is 0 Å². The lowest BCUT2D eigenvalue weighted by atomic mass is 9.86. The molecule has 1 atom stereocenters. The largest absolute Gasteiger partial charge is 0.479 e. The predicted molar refractivity (Wildman–Crippen MR) is 134 cm³/mol. The second-order valence-corrected chi connectivity index (χ2v) is 9.24. The van der Waals surface area contributed by atoms with Gasteiger partial charge in [-0.2, -0.15) is 0 Å². The lowest BCUT2D eigenvalue weighted by Gasteiger charge is -2.33. The summed E-state index contributed by atoms with van der Waals surface area (Å²) in [6.07, 6.45) is 5.21. The van der Waals surface area contributed by atoms with E-state index in [2.05, 4.69) is 25.9 Å². The van der Waals surface area contributed by atoms with Gasteiger partial charge in [0.1, 0.15) is 11.3 Å². The van der Waals surface area contributed by atoms with Crippen LogP contribution >= 0.6 is 0 Å². The van der Waals surface area contributed by atoms with E-state index in [1.807, 2.05) is 38.4 Å². The summed E-state index contributed by atoms with van der Waals surface area (Å²) in [4.78, 5) is 9.41. The highest BCUT2D eigenvalue weighted by molar-refractivity contribution is 6.08.